The van der Waals surface area contributed by atoms with Crippen LogP contribution >= 0.6 is 0 Å². The third-order valence-corrected chi connectivity index (χ3v) is 5.98. The number of rotatable bonds is 11. The summed E-state index contributed by atoms with van der Waals surface area (Å²) in [5.41, 5.74) is 6.76. The summed E-state index contributed by atoms with van der Waals surface area (Å²) >= 11 is 0. The van der Waals surface area contributed by atoms with E-state index >= 15 is 0 Å². The molecule has 0 radical (unpaired) electrons. The Hall–Kier alpha value is -5.53. The van der Waals surface area contributed by atoms with Gasteiger partial charge in [0, 0.05) is 11.3 Å². The smallest absolute Gasteiger partial charge is 0.326 e. The number of nitrogens with one attached hydrogen (secondary N) is 3. The monoisotopic (exact) mass is 547 g/mol. The fourth-order valence-electron chi connectivity index (χ4n) is 3.92. The Morgan fingerprint density at radius 3 is 2.50 bits per heavy atom. The minimum Gasteiger partial charge on any atom is -0.497 e. The lowest BCUT2D eigenvalue weighted by molar-refractivity contribution is -0.141. The van der Waals surface area contributed by atoms with Crippen molar-refractivity contribution < 1.29 is 29.3 Å². The highest BCUT2D eigenvalue weighted by molar-refractivity contribution is 5.97. The second-order valence-corrected chi connectivity index (χ2v) is 8.68. The van der Waals surface area contributed by atoms with E-state index in [1.54, 1.807) is 30.3 Å². The Morgan fingerprint density at radius 1 is 1.07 bits per heavy atom. The van der Waals surface area contributed by atoms with Gasteiger partial charge in [0.25, 0.3) is 11.5 Å². The van der Waals surface area contributed by atoms with Gasteiger partial charge in [-0.05, 0) is 48.4 Å². The number of hydrogen-bond donors (Lipinski definition) is 6. The number of benzene rings is 2. The number of nitrogen functional groups attached to an aromatic ring is 1. The zero-order valence-electron chi connectivity index (χ0n) is 21.1. The highest BCUT2D eigenvalue weighted by Gasteiger charge is 2.30. The Bertz CT molecular complexity index is 1620. The second-order valence-electron chi connectivity index (χ2n) is 8.68. The summed E-state index contributed by atoms with van der Waals surface area (Å²) in [4.78, 5) is 63.2. The van der Waals surface area contributed by atoms with E-state index < -0.39 is 35.4 Å². The second kappa shape index (κ2) is 11.9. The predicted molar refractivity (Wildman–Crippen MR) is 143 cm³/mol. The molecule has 0 bridgehead atoms. The summed E-state index contributed by atoms with van der Waals surface area (Å²) in [6, 6.07) is 11.0. The molecule has 0 aliphatic carbocycles. The lowest BCUT2D eigenvalue weighted by atomic mass is 9.91. The Morgan fingerprint density at radius 2 is 1.82 bits per heavy atom. The first-order valence-electron chi connectivity index (χ1n) is 11.9. The number of methoxy groups -OCH3 is 1. The predicted octanol–water partition coefficient (Wildman–Crippen LogP) is 1.36. The fourth-order valence-corrected chi connectivity index (χ4v) is 3.92. The van der Waals surface area contributed by atoms with Crippen LogP contribution in [0.5, 0.6) is 5.75 Å². The van der Waals surface area contributed by atoms with E-state index in [1.165, 1.54) is 31.5 Å². The highest BCUT2D eigenvalue weighted by Crippen LogP contribution is 2.26. The van der Waals surface area contributed by atoms with Gasteiger partial charge in [-0.15, -0.1) is 0 Å². The molecule has 1 amide bonds. The van der Waals surface area contributed by atoms with Crippen molar-refractivity contribution in [1.29, 1.82) is 0 Å². The molecule has 0 fully saturated rings. The van der Waals surface area contributed by atoms with Crippen LogP contribution in [-0.2, 0) is 16.1 Å². The number of aromatic nitrogens is 4. The maximum atomic E-state index is 12.8. The number of aromatic amines is 1. The standard InChI is InChI=1S/C26H25N7O7/c1-40-17-4-2-3-14(9-17)18(24(36)37)10-19(25(38)39)31-22(34)13-5-7-15(8-6-13)28-11-16-12-29-21-20(30-16)23(35)33-26(27)32-21/h2-9,12,18-19,28H,10-11H2,1H3,(H,31,34)(H,36,37)(H,38,39)(H3,27,29,32,33,35)/t18?,19-/m0/s1. The van der Waals surface area contributed by atoms with Gasteiger partial charge in [0.15, 0.2) is 11.2 Å². The molecule has 4 aromatic rings. The largest absolute Gasteiger partial charge is 0.497 e. The van der Waals surface area contributed by atoms with Crippen LogP contribution in [0.15, 0.2) is 59.5 Å². The van der Waals surface area contributed by atoms with Crippen molar-refractivity contribution >= 4 is 40.6 Å². The minimum atomic E-state index is -1.46. The average Bonchev–Trinajstić information content (AvgIpc) is 2.94. The van der Waals surface area contributed by atoms with Gasteiger partial charge in [0.2, 0.25) is 5.95 Å². The summed E-state index contributed by atoms with van der Waals surface area (Å²) < 4.78 is 5.13. The fraction of sp³-hybridized carbons (Fsp3) is 0.192. The number of nitrogens with zero attached hydrogens (tertiary/aromatic N) is 3. The molecule has 4 rings (SSSR count). The molecule has 40 heavy (non-hydrogen) atoms. The van der Waals surface area contributed by atoms with E-state index in [0.29, 0.717) is 22.7 Å². The maximum Gasteiger partial charge on any atom is 0.326 e. The van der Waals surface area contributed by atoms with Crippen molar-refractivity contribution in [3.8, 4) is 5.75 Å². The minimum absolute atomic E-state index is 0.0463. The molecule has 1 unspecified atom stereocenters. The first-order chi connectivity index (χ1) is 19.1. The van der Waals surface area contributed by atoms with E-state index in [4.69, 9.17) is 10.5 Å². The molecule has 14 heteroatoms. The van der Waals surface area contributed by atoms with E-state index in [-0.39, 0.29) is 35.6 Å². The Labute approximate surface area is 226 Å². The van der Waals surface area contributed by atoms with Crippen molar-refractivity contribution in [1.82, 2.24) is 25.3 Å². The topological polar surface area (TPSA) is 223 Å². The number of nitrogens with two attached hydrogens (primary N) is 1. The van der Waals surface area contributed by atoms with Gasteiger partial charge in [-0.3, -0.25) is 19.4 Å². The number of amides is 1. The van der Waals surface area contributed by atoms with Crippen LogP contribution in [0, 0.1) is 0 Å². The summed E-state index contributed by atoms with van der Waals surface area (Å²) in [6.45, 7) is 0.209. The summed E-state index contributed by atoms with van der Waals surface area (Å²) in [6.07, 6.45) is 1.08. The molecular weight excluding hydrogens is 522 g/mol. The third-order valence-electron chi connectivity index (χ3n) is 5.98. The molecule has 206 valence electrons. The van der Waals surface area contributed by atoms with E-state index in [1.807, 2.05) is 0 Å². The third kappa shape index (κ3) is 6.48. The van der Waals surface area contributed by atoms with Gasteiger partial charge in [-0.25, -0.2) is 14.8 Å². The van der Waals surface area contributed by atoms with Crippen LogP contribution in [0.4, 0.5) is 11.6 Å². The lowest BCUT2D eigenvalue weighted by Gasteiger charge is -2.20. The number of carboxylic acids is 2. The molecule has 0 saturated carbocycles. The van der Waals surface area contributed by atoms with Crippen LogP contribution in [0.1, 0.15) is 34.0 Å². The zero-order chi connectivity index (χ0) is 28.8. The summed E-state index contributed by atoms with van der Waals surface area (Å²) in [5, 5.41) is 24.9. The number of ether oxygens (including phenoxy) is 1. The number of aliphatic carboxylic acids is 2. The van der Waals surface area contributed by atoms with Gasteiger partial charge in [0.1, 0.15) is 11.8 Å². The molecule has 0 aliphatic heterocycles. The van der Waals surface area contributed by atoms with Gasteiger partial charge in [0.05, 0.1) is 31.5 Å². The van der Waals surface area contributed by atoms with E-state index in [0.717, 1.165) is 0 Å². The molecule has 2 aromatic carbocycles. The molecule has 14 nitrogen and oxygen atoms in total. The number of carbonyl (C=O) groups excluding carboxylic acids is 1. The highest BCUT2D eigenvalue weighted by atomic mass is 16.5. The quantitative estimate of drug-likeness (QED) is 0.157. The molecular formula is C26H25N7O7. The molecule has 0 spiro atoms. The Kier molecular flexibility index (Phi) is 8.18. The Balaban J connectivity index is 1.41. The van der Waals surface area contributed by atoms with Gasteiger partial charge >= 0.3 is 11.9 Å². The number of carbonyl (C=O) groups is 3. The SMILES string of the molecule is COc1cccc(C(C[C@H](NC(=O)c2ccc(NCc3cnc4nc(N)[nH]c(=O)c4n3)cc2)C(=O)O)C(=O)O)c1. The van der Waals surface area contributed by atoms with Crippen LogP contribution < -0.4 is 26.7 Å². The van der Waals surface area contributed by atoms with Crippen molar-refractivity contribution in [3.63, 3.8) is 0 Å². The molecule has 2 heterocycles. The summed E-state index contributed by atoms with van der Waals surface area (Å²) in [7, 11) is 1.43. The molecule has 2 atom stereocenters. The van der Waals surface area contributed by atoms with Crippen molar-refractivity contribution in [2.24, 2.45) is 0 Å². The lowest BCUT2D eigenvalue weighted by Crippen LogP contribution is -2.42. The van der Waals surface area contributed by atoms with Gasteiger partial charge in [-0.2, -0.15) is 4.98 Å². The maximum absolute atomic E-state index is 12.8. The number of fused-ring (bicyclic) bond motifs is 1. The van der Waals surface area contributed by atoms with Crippen LogP contribution in [0.3, 0.4) is 0 Å². The zero-order valence-corrected chi connectivity index (χ0v) is 21.1. The molecule has 2 aromatic heterocycles. The van der Waals surface area contributed by atoms with Crippen molar-refractivity contribution in [3.05, 3.63) is 81.9 Å². The average molecular weight is 548 g/mol. The van der Waals surface area contributed by atoms with Gasteiger partial charge < -0.3 is 31.3 Å². The van der Waals surface area contributed by atoms with Crippen LogP contribution in [-0.4, -0.2) is 61.1 Å². The van der Waals surface area contributed by atoms with Gasteiger partial charge in [-0.1, -0.05) is 12.1 Å². The summed E-state index contributed by atoms with van der Waals surface area (Å²) in [5.74, 6) is -4.10. The van der Waals surface area contributed by atoms with Crippen LogP contribution in [0.2, 0.25) is 0 Å². The molecule has 7 N–H and O–H groups in total. The number of anilines is 2. The van der Waals surface area contributed by atoms with Crippen molar-refractivity contribution in [2.75, 3.05) is 18.2 Å². The first kappa shape index (κ1) is 27.5. The molecule has 0 saturated heterocycles. The number of hydrogen-bond acceptors (Lipinski definition) is 10. The van der Waals surface area contributed by atoms with E-state index in [9.17, 15) is 29.4 Å². The van der Waals surface area contributed by atoms with Crippen LogP contribution in [0.25, 0.3) is 11.2 Å². The van der Waals surface area contributed by atoms with E-state index in [2.05, 4.69) is 30.6 Å². The first-order valence-corrected chi connectivity index (χ1v) is 11.9. The number of carboxylic acid groups (broad SMARTS) is 2. The van der Waals surface area contributed by atoms with Crippen molar-refractivity contribution in [2.45, 2.75) is 24.9 Å². The number of H-pyrrole nitrogens is 1. The molecule has 0 aliphatic rings. The normalized spacial score (nSPS) is 12.3.